The van der Waals surface area contributed by atoms with Crippen molar-refractivity contribution in [2.75, 3.05) is 13.1 Å². The number of benzene rings is 1. The zero-order chi connectivity index (χ0) is 16.4. The second-order valence-corrected chi connectivity index (χ2v) is 7.22. The Balaban J connectivity index is 2.07. The minimum Gasteiger partial charge on any atom is -0.444 e. The van der Waals surface area contributed by atoms with E-state index in [2.05, 4.69) is 0 Å². The van der Waals surface area contributed by atoms with Gasteiger partial charge < -0.3 is 14.7 Å². The molecule has 0 bridgehead atoms. The van der Waals surface area contributed by atoms with E-state index < -0.39 is 11.2 Å². The van der Waals surface area contributed by atoms with Crippen LogP contribution in [0.15, 0.2) is 24.3 Å². The summed E-state index contributed by atoms with van der Waals surface area (Å²) in [7, 11) is 0. The van der Waals surface area contributed by atoms with Crippen molar-refractivity contribution >= 4 is 6.09 Å². The second kappa shape index (κ2) is 6.29. The normalized spacial score (nSPS) is 23.0. The van der Waals surface area contributed by atoms with Crippen molar-refractivity contribution in [1.29, 1.82) is 0 Å². The molecule has 1 amide bonds. The fraction of sp³-hybridized carbons (Fsp3) is 0.611. The summed E-state index contributed by atoms with van der Waals surface area (Å²) in [6.07, 6.45) is 1.68. The number of aliphatic hydroxyl groups is 1. The number of ether oxygens (including phenoxy) is 1. The Bertz CT molecular complexity index is 535. The maximum absolute atomic E-state index is 12.2. The average molecular weight is 305 g/mol. The lowest BCUT2D eigenvalue weighted by Gasteiger charge is -2.28. The van der Waals surface area contributed by atoms with Crippen molar-refractivity contribution in [2.45, 2.75) is 58.2 Å². The highest BCUT2D eigenvalue weighted by Gasteiger charge is 2.34. The topological polar surface area (TPSA) is 49.8 Å². The van der Waals surface area contributed by atoms with E-state index in [1.165, 1.54) is 0 Å². The largest absolute Gasteiger partial charge is 0.444 e. The lowest BCUT2D eigenvalue weighted by molar-refractivity contribution is 0.0128. The van der Waals surface area contributed by atoms with E-state index in [-0.39, 0.29) is 6.09 Å². The van der Waals surface area contributed by atoms with Crippen molar-refractivity contribution in [3.63, 3.8) is 0 Å². The third-order valence-electron chi connectivity index (χ3n) is 4.02. The van der Waals surface area contributed by atoms with Crippen LogP contribution < -0.4 is 0 Å². The number of aryl methyl sites for hydroxylation is 1. The molecule has 4 nitrogen and oxygen atoms in total. The van der Waals surface area contributed by atoms with Gasteiger partial charge in [0.05, 0.1) is 5.60 Å². The molecule has 0 aliphatic carbocycles. The standard InChI is InChI=1S/C18H27NO3/c1-14-7-5-8-15(13-14)18(21)9-6-11-19(12-10-18)16(20)22-17(2,3)4/h5,7-8,13,21H,6,9-12H2,1-4H3. The van der Waals surface area contributed by atoms with Gasteiger partial charge in [-0.05, 0) is 52.5 Å². The van der Waals surface area contributed by atoms with Crippen molar-refractivity contribution in [1.82, 2.24) is 4.90 Å². The first-order valence-corrected chi connectivity index (χ1v) is 7.97. The molecule has 1 saturated heterocycles. The zero-order valence-electron chi connectivity index (χ0n) is 14.1. The number of hydrogen-bond donors (Lipinski definition) is 1. The van der Waals surface area contributed by atoms with Gasteiger partial charge in [-0.25, -0.2) is 4.79 Å². The van der Waals surface area contributed by atoms with E-state index in [1.807, 2.05) is 52.0 Å². The first-order chi connectivity index (χ1) is 10.2. The van der Waals surface area contributed by atoms with E-state index >= 15 is 0 Å². The second-order valence-electron chi connectivity index (χ2n) is 7.22. The maximum Gasteiger partial charge on any atom is 0.410 e. The van der Waals surface area contributed by atoms with Gasteiger partial charge in [0.25, 0.3) is 0 Å². The molecule has 1 aliphatic heterocycles. The molecule has 1 atom stereocenters. The molecule has 0 aromatic heterocycles. The lowest BCUT2D eigenvalue weighted by atomic mass is 9.86. The van der Waals surface area contributed by atoms with Crippen molar-refractivity contribution in [3.8, 4) is 0 Å². The minimum absolute atomic E-state index is 0.291. The van der Waals surface area contributed by atoms with Gasteiger partial charge in [0, 0.05) is 13.1 Å². The summed E-state index contributed by atoms with van der Waals surface area (Å²) in [5, 5.41) is 11.0. The Hall–Kier alpha value is -1.55. The SMILES string of the molecule is Cc1cccc(C2(O)CCCN(C(=O)OC(C)(C)C)CC2)c1. The van der Waals surface area contributed by atoms with Gasteiger partial charge in [0.15, 0.2) is 0 Å². The van der Waals surface area contributed by atoms with E-state index in [4.69, 9.17) is 4.74 Å². The van der Waals surface area contributed by atoms with Crippen LogP contribution in [0.5, 0.6) is 0 Å². The minimum atomic E-state index is -0.858. The number of carbonyl (C=O) groups is 1. The zero-order valence-corrected chi connectivity index (χ0v) is 14.1. The smallest absolute Gasteiger partial charge is 0.410 e. The number of rotatable bonds is 1. The molecular weight excluding hydrogens is 278 g/mol. The Morgan fingerprint density at radius 2 is 2.00 bits per heavy atom. The molecule has 0 saturated carbocycles. The number of amides is 1. The summed E-state index contributed by atoms with van der Waals surface area (Å²) in [6.45, 7) is 8.77. The number of nitrogens with zero attached hydrogens (tertiary/aromatic N) is 1. The van der Waals surface area contributed by atoms with Crippen LogP contribution >= 0.6 is 0 Å². The Morgan fingerprint density at radius 3 is 2.64 bits per heavy atom. The molecule has 4 heteroatoms. The molecule has 0 spiro atoms. The molecule has 0 radical (unpaired) electrons. The van der Waals surface area contributed by atoms with E-state index in [9.17, 15) is 9.90 Å². The predicted octanol–water partition coefficient (Wildman–Crippen LogP) is 3.60. The molecule has 1 heterocycles. The van der Waals surface area contributed by atoms with Crippen LogP contribution in [0, 0.1) is 6.92 Å². The predicted molar refractivity (Wildman–Crippen MR) is 86.7 cm³/mol. The molecule has 1 unspecified atom stereocenters. The van der Waals surface area contributed by atoms with Crippen molar-refractivity contribution in [2.24, 2.45) is 0 Å². The monoisotopic (exact) mass is 305 g/mol. The van der Waals surface area contributed by atoms with E-state index in [1.54, 1.807) is 4.90 Å². The van der Waals surface area contributed by atoms with Gasteiger partial charge in [-0.1, -0.05) is 29.8 Å². The van der Waals surface area contributed by atoms with Crippen LogP contribution in [0.25, 0.3) is 0 Å². The van der Waals surface area contributed by atoms with Gasteiger partial charge in [-0.3, -0.25) is 0 Å². The molecule has 122 valence electrons. The fourth-order valence-corrected chi connectivity index (χ4v) is 2.85. The molecule has 1 aromatic carbocycles. The molecule has 2 rings (SSSR count). The van der Waals surface area contributed by atoms with E-state index in [0.717, 1.165) is 17.5 Å². The first kappa shape index (κ1) is 16.8. The van der Waals surface area contributed by atoms with Crippen LogP contribution in [0.4, 0.5) is 4.79 Å². The van der Waals surface area contributed by atoms with Crippen LogP contribution in [0.3, 0.4) is 0 Å². The highest BCUT2D eigenvalue weighted by atomic mass is 16.6. The molecule has 22 heavy (non-hydrogen) atoms. The number of likely N-dealkylation sites (tertiary alicyclic amines) is 1. The lowest BCUT2D eigenvalue weighted by Crippen LogP contribution is -2.38. The summed E-state index contributed by atoms with van der Waals surface area (Å²) < 4.78 is 5.43. The van der Waals surface area contributed by atoms with E-state index in [0.29, 0.717) is 25.9 Å². The summed E-state index contributed by atoms with van der Waals surface area (Å²) in [6, 6.07) is 8.00. The Morgan fingerprint density at radius 1 is 1.27 bits per heavy atom. The highest BCUT2D eigenvalue weighted by molar-refractivity contribution is 5.68. The first-order valence-electron chi connectivity index (χ1n) is 7.97. The van der Waals surface area contributed by atoms with Crippen LogP contribution in [0.2, 0.25) is 0 Å². The average Bonchev–Trinajstić information content (AvgIpc) is 2.60. The summed E-state index contributed by atoms with van der Waals surface area (Å²) in [5.74, 6) is 0. The Labute approximate surface area is 133 Å². The highest BCUT2D eigenvalue weighted by Crippen LogP contribution is 2.33. The molecule has 1 N–H and O–H groups in total. The molecular formula is C18H27NO3. The third kappa shape index (κ3) is 4.23. The van der Waals surface area contributed by atoms with Crippen LogP contribution in [0.1, 0.15) is 51.2 Å². The quantitative estimate of drug-likeness (QED) is 0.862. The van der Waals surface area contributed by atoms with Crippen LogP contribution in [-0.2, 0) is 10.3 Å². The number of carbonyl (C=O) groups excluding carboxylic acids is 1. The van der Waals surface area contributed by atoms with Crippen molar-refractivity contribution in [3.05, 3.63) is 35.4 Å². The summed E-state index contributed by atoms with van der Waals surface area (Å²) in [5.41, 5.74) is 0.733. The van der Waals surface area contributed by atoms with Gasteiger partial charge >= 0.3 is 6.09 Å². The summed E-state index contributed by atoms with van der Waals surface area (Å²) in [4.78, 5) is 13.9. The molecule has 1 aliphatic rings. The third-order valence-corrected chi connectivity index (χ3v) is 4.02. The van der Waals surface area contributed by atoms with Gasteiger partial charge in [-0.2, -0.15) is 0 Å². The van der Waals surface area contributed by atoms with Crippen molar-refractivity contribution < 1.29 is 14.6 Å². The van der Waals surface area contributed by atoms with Gasteiger partial charge in [0.2, 0.25) is 0 Å². The van der Waals surface area contributed by atoms with Crippen LogP contribution in [-0.4, -0.2) is 34.8 Å². The number of hydrogen-bond acceptors (Lipinski definition) is 3. The summed E-state index contributed by atoms with van der Waals surface area (Å²) >= 11 is 0. The van der Waals surface area contributed by atoms with Gasteiger partial charge in [0.1, 0.15) is 5.60 Å². The van der Waals surface area contributed by atoms with Gasteiger partial charge in [-0.15, -0.1) is 0 Å². The molecule has 1 fully saturated rings. The Kier molecular flexibility index (Phi) is 4.81. The molecule has 1 aromatic rings. The fourth-order valence-electron chi connectivity index (χ4n) is 2.85. The maximum atomic E-state index is 12.2.